The van der Waals surface area contributed by atoms with Crippen LogP contribution in [0, 0.1) is 5.82 Å². The second-order valence-electron chi connectivity index (χ2n) is 8.23. The van der Waals surface area contributed by atoms with Crippen molar-refractivity contribution in [1.82, 2.24) is 19.5 Å². The quantitative estimate of drug-likeness (QED) is 0.408. The van der Waals surface area contributed by atoms with E-state index >= 15 is 0 Å². The van der Waals surface area contributed by atoms with E-state index in [9.17, 15) is 9.18 Å². The van der Waals surface area contributed by atoms with Crippen molar-refractivity contribution in [3.63, 3.8) is 0 Å². The Balaban J connectivity index is 1.37. The number of fused-ring (bicyclic) bond motifs is 2. The predicted molar refractivity (Wildman–Crippen MR) is 130 cm³/mol. The van der Waals surface area contributed by atoms with Crippen molar-refractivity contribution in [3.05, 3.63) is 75.2 Å². The molecule has 1 N–H and O–H groups in total. The topological polar surface area (TPSA) is 81.9 Å². The number of anilines is 1. The lowest BCUT2D eigenvalue weighted by molar-refractivity contribution is 0.290. The molecule has 5 rings (SSSR count). The lowest BCUT2D eigenvalue weighted by atomic mass is 9.92. The lowest BCUT2D eigenvalue weighted by Gasteiger charge is -2.22. The molecule has 0 bridgehead atoms. The molecule has 1 aliphatic rings. The van der Waals surface area contributed by atoms with Crippen LogP contribution in [0.5, 0.6) is 6.01 Å². The molecule has 0 saturated heterocycles. The number of hydrogen-bond acceptors (Lipinski definition) is 6. The van der Waals surface area contributed by atoms with Crippen LogP contribution in [0.15, 0.2) is 47.5 Å². The number of nitrogens with one attached hydrogen (secondary N) is 1. The maximum Gasteiger partial charge on any atom is 0.299 e. The van der Waals surface area contributed by atoms with E-state index in [0.717, 1.165) is 54.2 Å². The van der Waals surface area contributed by atoms with Gasteiger partial charge >= 0.3 is 0 Å². The molecule has 1 aromatic carbocycles. The molecule has 7 nitrogen and oxygen atoms in total. The van der Waals surface area contributed by atoms with Crippen molar-refractivity contribution in [2.75, 3.05) is 18.5 Å². The maximum absolute atomic E-state index is 14.2. The van der Waals surface area contributed by atoms with Gasteiger partial charge in [-0.3, -0.25) is 19.3 Å². The van der Waals surface area contributed by atoms with E-state index < -0.39 is 5.82 Å². The molecular formula is C25H23ClFN5O2. The number of halogens is 2. The van der Waals surface area contributed by atoms with Gasteiger partial charge in [0, 0.05) is 53.2 Å². The third-order valence-corrected chi connectivity index (χ3v) is 6.24. The standard InChI is InChI=1S/C25H23ClFN5O2/c1-32-23(33)13-22(16-8-9-28-14-19(16)27)31-25(32)34-11-10-29-24-17-4-2-3-5-20(17)30-21-7-6-15(26)12-18(21)24/h6-9,12-14H,2-5,10-11H2,1H3,(H,29,30). The van der Waals surface area contributed by atoms with Crippen LogP contribution < -0.4 is 15.6 Å². The van der Waals surface area contributed by atoms with Gasteiger partial charge in [-0.25, -0.2) is 4.39 Å². The highest BCUT2D eigenvalue weighted by Gasteiger charge is 2.18. The van der Waals surface area contributed by atoms with Crippen LogP contribution in [0.4, 0.5) is 10.1 Å². The fourth-order valence-electron chi connectivity index (χ4n) is 4.28. The number of benzene rings is 1. The van der Waals surface area contributed by atoms with E-state index in [4.69, 9.17) is 21.3 Å². The maximum atomic E-state index is 14.2. The van der Waals surface area contributed by atoms with E-state index in [1.165, 1.54) is 28.5 Å². The van der Waals surface area contributed by atoms with E-state index in [0.29, 0.717) is 11.6 Å². The normalized spacial score (nSPS) is 13.0. The third-order valence-electron chi connectivity index (χ3n) is 6.00. The minimum Gasteiger partial charge on any atom is -0.463 e. The fraction of sp³-hybridized carbons (Fsp3) is 0.280. The second kappa shape index (κ2) is 9.38. The Hall–Kier alpha value is -3.52. The van der Waals surface area contributed by atoms with Crippen LogP contribution in [0.3, 0.4) is 0 Å². The first-order valence-corrected chi connectivity index (χ1v) is 11.5. The summed E-state index contributed by atoms with van der Waals surface area (Å²) in [6.45, 7) is 0.726. The van der Waals surface area contributed by atoms with Crippen molar-refractivity contribution >= 4 is 28.2 Å². The Bertz CT molecular complexity index is 1440. The summed E-state index contributed by atoms with van der Waals surface area (Å²) in [4.78, 5) is 25.4. The number of rotatable bonds is 6. The fourth-order valence-corrected chi connectivity index (χ4v) is 4.46. The average Bonchev–Trinajstić information content (AvgIpc) is 2.84. The highest BCUT2D eigenvalue weighted by molar-refractivity contribution is 6.31. The molecule has 0 spiro atoms. The predicted octanol–water partition coefficient (Wildman–Crippen LogP) is 4.55. The minimum atomic E-state index is -0.552. The summed E-state index contributed by atoms with van der Waals surface area (Å²) in [6, 6.07) is 8.60. The second-order valence-corrected chi connectivity index (χ2v) is 8.67. The molecule has 174 valence electrons. The summed E-state index contributed by atoms with van der Waals surface area (Å²) >= 11 is 6.27. The molecule has 0 fully saturated rings. The molecular weight excluding hydrogens is 457 g/mol. The van der Waals surface area contributed by atoms with Crippen LogP contribution in [-0.4, -0.2) is 32.7 Å². The Labute approximate surface area is 200 Å². The summed E-state index contributed by atoms with van der Waals surface area (Å²) < 4.78 is 21.3. The largest absolute Gasteiger partial charge is 0.463 e. The molecule has 0 radical (unpaired) electrons. The van der Waals surface area contributed by atoms with E-state index in [1.54, 1.807) is 7.05 Å². The summed E-state index contributed by atoms with van der Waals surface area (Å²) in [6.07, 6.45) is 6.72. The first-order chi connectivity index (χ1) is 16.5. The highest BCUT2D eigenvalue weighted by Crippen LogP contribution is 2.34. The number of aryl methyl sites for hydroxylation is 1. The molecule has 0 aliphatic heterocycles. The monoisotopic (exact) mass is 479 g/mol. The van der Waals surface area contributed by atoms with E-state index in [2.05, 4.69) is 15.3 Å². The highest BCUT2D eigenvalue weighted by atomic mass is 35.5. The van der Waals surface area contributed by atoms with Crippen LogP contribution in [0.25, 0.3) is 22.2 Å². The summed E-state index contributed by atoms with van der Waals surface area (Å²) in [5, 5.41) is 5.13. The minimum absolute atomic E-state index is 0.116. The molecule has 3 heterocycles. The number of ether oxygens (including phenoxy) is 1. The number of hydrogen-bond donors (Lipinski definition) is 1. The van der Waals surface area contributed by atoms with Crippen molar-refractivity contribution in [2.45, 2.75) is 25.7 Å². The van der Waals surface area contributed by atoms with Crippen LogP contribution in [0.2, 0.25) is 5.02 Å². The molecule has 1 aliphatic carbocycles. The van der Waals surface area contributed by atoms with Gasteiger partial charge in [0.15, 0.2) is 5.82 Å². The van der Waals surface area contributed by atoms with Gasteiger partial charge in [0.2, 0.25) is 0 Å². The van der Waals surface area contributed by atoms with E-state index in [-0.39, 0.29) is 29.4 Å². The molecule has 0 unspecified atom stereocenters. The molecule has 0 atom stereocenters. The molecule has 4 aromatic rings. The average molecular weight is 480 g/mol. The molecule has 34 heavy (non-hydrogen) atoms. The first kappa shape index (κ1) is 22.3. The summed E-state index contributed by atoms with van der Waals surface area (Å²) in [5.74, 6) is -0.552. The zero-order valence-electron chi connectivity index (χ0n) is 18.6. The van der Waals surface area contributed by atoms with Crippen molar-refractivity contribution in [2.24, 2.45) is 7.05 Å². The number of pyridine rings is 2. The Morgan fingerprint density at radius 2 is 2.03 bits per heavy atom. The number of nitrogens with zero attached hydrogens (tertiary/aromatic N) is 4. The molecule has 0 saturated carbocycles. The van der Waals surface area contributed by atoms with Crippen LogP contribution in [-0.2, 0) is 19.9 Å². The van der Waals surface area contributed by atoms with Gasteiger partial charge in [-0.15, -0.1) is 0 Å². The SMILES string of the molecule is Cn1c(OCCNc2c3c(nc4ccc(Cl)cc24)CCCC3)nc(-c2ccncc2F)cc1=O. The Kier molecular flexibility index (Phi) is 6.15. The number of aromatic nitrogens is 4. The van der Waals surface area contributed by atoms with Crippen LogP contribution in [0.1, 0.15) is 24.1 Å². The smallest absolute Gasteiger partial charge is 0.299 e. The van der Waals surface area contributed by atoms with Crippen LogP contribution >= 0.6 is 11.6 Å². The van der Waals surface area contributed by atoms with Crippen molar-refractivity contribution < 1.29 is 9.13 Å². The van der Waals surface area contributed by atoms with Gasteiger partial charge in [0.25, 0.3) is 11.6 Å². The van der Waals surface area contributed by atoms with Gasteiger partial charge < -0.3 is 10.1 Å². The summed E-state index contributed by atoms with van der Waals surface area (Å²) in [7, 11) is 1.57. The van der Waals surface area contributed by atoms with Gasteiger partial charge in [-0.1, -0.05) is 11.6 Å². The van der Waals surface area contributed by atoms with Gasteiger partial charge in [0.05, 0.1) is 17.4 Å². The van der Waals surface area contributed by atoms with E-state index in [1.807, 2.05) is 18.2 Å². The Morgan fingerprint density at radius 1 is 1.18 bits per heavy atom. The Morgan fingerprint density at radius 3 is 2.88 bits per heavy atom. The van der Waals surface area contributed by atoms with Crippen molar-refractivity contribution in [1.29, 1.82) is 0 Å². The molecule has 0 amide bonds. The third kappa shape index (κ3) is 4.33. The first-order valence-electron chi connectivity index (χ1n) is 11.2. The molecule has 3 aromatic heterocycles. The van der Waals surface area contributed by atoms with Gasteiger partial charge in [-0.05, 0) is 55.5 Å². The zero-order valence-corrected chi connectivity index (χ0v) is 19.4. The lowest BCUT2D eigenvalue weighted by Crippen LogP contribution is -2.22. The van der Waals surface area contributed by atoms with Gasteiger partial charge in [0.1, 0.15) is 6.61 Å². The van der Waals surface area contributed by atoms with Crippen molar-refractivity contribution in [3.8, 4) is 17.3 Å². The zero-order chi connectivity index (χ0) is 23.7. The van der Waals surface area contributed by atoms with Gasteiger partial charge in [-0.2, -0.15) is 4.98 Å². The molecule has 9 heteroatoms. The summed E-state index contributed by atoms with van der Waals surface area (Å²) in [5.41, 5.74) is 4.34.